The third-order valence-corrected chi connectivity index (χ3v) is 5.31. The number of rotatable bonds is 4. The maximum Gasteiger partial charge on any atom is 0.337 e. The number of aromatic carboxylic acids is 1. The third-order valence-electron chi connectivity index (χ3n) is 5.31. The molecule has 7 heteroatoms. The van der Waals surface area contributed by atoms with Crippen LogP contribution in [-0.2, 0) is 4.79 Å². The van der Waals surface area contributed by atoms with Crippen LogP contribution in [0.3, 0.4) is 0 Å². The molecule has 7 nitrogen and oxygen atoms in total. The molecule has 30 heavy (non-hydrogen) atoms. The van der Waals surface area contributed by atoms with Gasteiger partial charge in [0.05, 0.1) is 17.3 Å². The van der Waals surface area contributed by atoms with Crippen LogP contribution in [-0.4, -0.2) is 33.0 Å². The Morgan fingerprint density at radius 3 is 2.60 bits per heavy atom. The predicted octanol–water partition coefficient (Wildman–Crippen LogP) is 4.14. The van der Waals surface area contributed by atoms with Gasteiger partial charge in [0, 0.05) is 36.6 Å². The smallest absolute Gasteiger partial charge is 0.337 e. The van der Waals surface area contributed by atoms with E-state index in [9.17, 15) is 9.59 Å². The van der Waals surface area contributed by atoms with Gasteiger partial charge in [-0.2, -0.15) is 0 Å². The summed E-state index contributed by atoms with van der Waals surface area (Å²) in [5.41, 5.74) is 3.52. The number of hydrogen-bond acceptors (Lipinski definition) is 5. The second-order valence-corrected chi connectivity index (χ2v) is 7.40. The van der Waals surface area contributed by atoms with E-state index in [2.05, 4.69) is 15.3 Å². The fourth-order valence-corrected chi connectivity index (χ4v) is 3.96. The Kier molecular flexibility index (Phi) is 5.18. The molecule has 1 aliphatic rings. The molecule has 0 bridgehead atoms. The highest BCUT2D eigenvalue weighted by molar-refractivity contribution is 5.94. The Bertz CT molecular complexity index is 1080. The van der Waals surface area contributed by atoms with Crippen LogP contribution < -0.4 is 10.2 Å². The van der Waals surface area contributed by atoms with E-state index < -0.39 is 5.97 Å². The lowest BCUT2D eigenvalue weighted by molar-refractivity contribution is -0.117. The van der Waals surface area contributed by atoms with Crippen molar-refractivity contribution in [3.63, 3.8) is 0 Å². The summed E-state index contributed by atoms with van der Waals surface area (Å²) >= 11 is 0. The van der Waals surface area contributed by atoms with Gasteiger partial charge in [-0.05, 0) is 55.3 Å². The molecule has 0 saturated heterocycles. The van der Waals surface area contributed by atoms with Crippen molar-refractivity contribution < 1.29 is 14.7 Å². The van der Waals surface area contributed by atoms with Crippen molar-refractivity contribution in [3.8, 4) is 11.3 Å². The lowest BCUT2D eigenvalue weighted by atomic mass is 9.89. The first-order valence-electron chi connectivity index (χ1n) is 9.75. The fourth-order valence-electron chi connectivity index (χ4n) is 3.96. The predicted molar refractivity (Wildman–Crippen MR) is 114 cm³/mol. The minimum atomic E-state index is -1.01. The highest BCUT2D eigenvalue weighted by Gasteiger charge is 2.32. The van der Waals surface area contributed by atoms with Crippen molar-refractivity contribution in [1.82, 2.24) is 9.97 Å². The van der Waals surface area contributed by atoms with Crippen molar-refractivity contribution in [2.75, 3.05) is 10.2 Å². The zero-order valence-corrected chi connectivity index (χ0v) is 16.7. The highest BCUT2D eigenvalue weighted by atomic mass is 16.4. The normalized spacial score (nSPS) is 17.9. The van der Waals surface area contributed by atoms with Crippen LogP contribution in [0.2, 0.25) is 0 Å². The Hall–Kier alpha value is -3.74. The number of nitrogens with one attached hydrogen (secondary N) is 1. The zero-order chi connectivity index (χ0) is 21.3. The molecule has 1 aromatic carbocycles. The first kappa shape index (κ1) is 19.6. The van der Waals surface area contributed by atoms with Crippen LogP contribution >= 0.6 is 0 Å². The molecule has 0 aliphatic carbocycles. The van der Waals surface area contributed by atoms with Crippen LogP contribution in [0.1, 0.15) is 42.2 Å². The third kappa shape index (κ3) is 3.74. The van der Waals surface area contributed by atoms with Gasteiger partial charge in [-0.3, -0.25) is 9.78 Å². The van der Waals surface area contributed by atoms with E-state index >= 15 is 0 Å². The first-order chi connectivity index (χ1) is 14.4. The van der Waals surface area contributed by atoms with E-state index in [0.717, 1.165) is 29.1 Å². The molecule has 2 unspecified atom stereocenters. The van der Waals surface area contributed by atoms with Gasteiger partial charge in [-0.15, -0.1) is 0 Å². The summed E-state index contributed by atoms with van der Waals surface area (Å²) < 4.78 is 0. The second-order valence-electron chi connectivity index (χ2n) is 7.40. The number of fused-ring (bicyclic) bond motifs is 1. The standard InChI is InChI=1S/C23H22N4O3/c1-14-11-20(26-22-5-3-4-10-24-22)18-12-16(7-9-21(18)27(14)15(2)28)19-8-6-17(13-25-19)23(29)30/h3-10,12-14,20H,11H2,1-2H3,(H,24,26)(H,29,30). The molecule has 0 saturated carbocycles. The molecule has 1 amide bonds. The number of amides is 1. The lowest BCUT2D eigenvalue weighted by Gasteiger charge is -2.39. The van der Waals surface area contributed by atoms with E-state index in [4.69, 9.17) is 5.11 Å². The van der Waals surface area contributed by atoms with Gasteiger partial charge < -0.3 is 15.3 Å². The van der Waals surface area contributed by atoms with Crippen molar-refractivity contribution in [2.45, 2.75) is 32.4 Å². The molecule has 0 fully saturated rings. The summed E-state index contributed by atoms with van der Waals surface area (Å²) in [5, 5.41) is 12.6. The molecule has 2 aromatic heterocycles. The molecular formula is C23H22N4O3. The molecular weight excluding hydrogens is 380 g/mol. The average molecular weight is 402 g/mol. The number of carbonyl (C=O) groups excluding carboxylic acids is 1. The van der Waals surface area contributed by atoms with Crippen molar-refractivity contribution in [3.05, 3.63) is 72.1 Å². The number of carboxylic acids is 1. The minimum Gasteiger partial charge on any atom is -0.478 e. The lowest BCUT2D eigenvalue weighted by Crippen LogP contribution is -2.43. The van der Waals surface area contributed by atoms with Crippen molar-refractivity contribution >= 4 is 23.4 Å². The molecule has 2 atom stereocenters. The van der Waals surface area contributed by atoms with E-state index in [1.54, 1.807) is 19.2 Å². The van der Waals surface area contributed by atoms with Crippen LogP contribution in [0.15, 0.2) is 60.9 Å². The summed E-state index contributed by atoms with van der Waals surface area (Å²) in [4.78, 5) is 33.9. The van der Waals surface area contributed by atoms with E-state index in [-0.39, 0.29) is 23.6 Å². The Balaban J connectivity index is 1.76. The maximum atomic E-state index is 12.3. The molecule has 2 N–H and O–H groups in total. The SMILES string of the molecule is CC(=O)N1c2ccc(-c3ccc(C(=O)O)cn3)cc2C(Nc2ccccn2)CC1C. The minimum absolute atomic E-state index is 0.00303. The molecule has 152 valence electrons. The number of hydrogen-bond donors (Lipinski definition) is 2. The monoisotopic (exact) mass is 402 g/mol. The number of anilines is 2. The molecule has 3 heterocycles. The van der Waals surface area contributed by atoms with Crippen LogP contribution in [0, 0.1) is 0 Å². The number of pyridine rings is 2. The summed E-state index contributed by atoms with van der Waals surface area (Å²) in [7, 11) is 0. The van der Waals surface area contributed by atoms with Gasteiger partial charge in [-0.1, -0.05) is 12.1 Å². The Morgan fingerprint density at radius 2 is 1.97 bits per heavy atom. The van der Waals surface area contributed by atoms with E-state index in [0.29, 0.717) is 5.69 Å². The number of carbonyl (C=O) groups is 2. The summed E-state index contributed by atoms with van der Waals surface area (Å²) in [6.45, 7) is 3.62. The molecule has 1 aliphatic heterocycles. The molecule has 0 radical (unpaired) electrons. The van der Waals surface area contributed by atoms with Gasteiger partial charge >= 0.3 is 5.97 Å². The number of aromatic nitrogens is 2. The van der Waals surface area contributed by atoms with Crippen molar-refractivity contribution in [1.29, 1.82) is 0 Å². The average Bonchev–Trinajstić information content (AvgIpc) is 2.74. The number of carboxylic acid groups (broad SMARTS) is 1. The summed E-state index contributed by atoms with van der Waals surface area (Å²) in [5.74, 6) is -0.242. The quantitative estimate of drug-likeness (QED) is 0.681. The number of benzene rings is 1. The van der Waals surface area contributed by atoms with Crippen LogP contribution in [0.25, 0.3) is 11.3 Å². The van der Waals surface area contributed by atoms with Crippen molar-refractivity contribution in [2.24, 2.45) is 0 Å². The largest absolute Gasteiger partial charge is 0.478 e. The van der Waals surface area contributed by atoms with Gasteiger partial charge in [-0.25, -0.2) is 9.78 Å². The maximum absolute atomic E-state index is 12.3. The molecule has 3 aromatic rings. The van der Waals surface area contributed by atoms with Crippen LogP contribution in [0.4, 0.5) is 11.5 Å². The van der Waals surface area contributed by atoms with Gasteiger partial charge in [0.15, 0.2) is 0 Å². The number of nitrogens with zero attached hydrogens (tertiary/aromatic N) is 3. The summed E-state index contributed by atoms with van der Waals surface area (Å²) in [6, 6.07) is 14.8. The van der Waals surface area contributed by atoms with Gasteiger partial charge in [0.25, 0.3) is 0 Å². The first-order valence-corrected chi connectivity index (χ1v) is 9.75. The van der Waals surface area contributed by atoms with Gasteiger partial charge in [0.1, 0.15) is 5.82 Å². The zero-order valence-electron chi connectivity index (χ0n) is 16.7. The van der Waals surface area contributed by atoms with E-state index in [1.165, 1.54) is 12.3 Å². The van der Waals surface area contributed by atoms with E-state index in [1.807, 2.05) is 48.2 Å². The van der Waals surface area contributed by atoms with Gasteiger partial charge in [0.2, 0.25) is 5.91 Å². The molecule has 4 rings (SSSR count). The summed E-state index contributed by atoms with van der Waals surface area (Å²) in [6.07, 6.45) is 3.82. The second kappa shape index (κ2) is 7.94. The van der Waals surface area contributed by atoms with Crippen LogP contribution in [0.5, 0.6) is 0 Å². The fraction of sp³-hybridized carbons (Fsp3) is 0.217. The molecule has 0 spiro atoms. The highest BCUT2D eigenvalue weighted by Crippen LogP contribution is 2.40. The Labute approximate surface area is 174 Å². The topological polar surface area (TPSA) is 95.4 Å². The Morgan fingerprint density at radius 1 is 1.13 bits per heavy atom.